The molecule has 0 bridgehead atoms. The first-order chi connectivity index (χ1) is 10.7. The van der Waals surface area contributed by atoms with Gasteiger partial charge in [0.25, 0.3) is 0 Å². The molecule has 2 rings (SSSR count). The van der Waals surface area contributed by atoms with Crippen molar-refractivity contribution in [3.63, 3.8) is 0 Å². The van der Waals surface area contributed by atoms with E-state index < -0.39 is 5.60 Å². The van der Waals surface area contributed by atoms with E-state index in [9.17, 15) is 9.18 Å². The van der Waals surface area contributed by atoms with Crippen molar-refractivity contribution in [2.24, 2.45) is 5.92 Å². The molecule has 1 heterocycles. The zero-order valence-corrected chi connectivity index (χ0v) is 14.5. The van der Waals surface area contributed by atoms with Crippen LogP contribution in [0.1, 0.15) is 41.0 Å². The van der Waals surface area contributed by atoms with Crippen LogP contribution in [0.3, 0.4) is 0 Å². The fraction of sp³-hybridized carbons (Fsp3) is 0.611. The molecule has 5 heteroatoms. The van der Waals surface area contributed by atoms with E-state index in [2.05, 4.69) is 6.92 Å². The second kappa shape index (κ2) is 6.77. The molecule has 128 valence electrons. The summed E-state index contributed by atoms with van der Waals surface area (Å²) in [6.45, 7) is 10.2. The van der Waals surface area contributed by atoms with Gasteiger partial charge in [-0.3, -0.25) is 0 Å². The van der Waals surface area contributed by atoms with Crippen LogP contribution >= 0.6 is 0 Å². The van der Waals surface area contributed by atoms with Gasteiger partial charge < -0.3 is 14.4 Å². The predicted molar refractivity (Wildman–Crippen MR) is 87.0 cm³/mol. The number of amides is 1. The van der Waals surface area contributed by atoms with Gasteiger partial charge >= 0.3 is 6.09 Å². The molecule has 23 heavy (non-hydrogen) atoms. The Morgan fingerprint density at radius 1 is 1.22 bits per heavy atom. The first-order valence-corrected chi connectivity index (χ1v) is 8.07. The van der Waals surface area contributed by atoms with E-state index in [0.29, 0.717) is 12.3 Å². The van der Waals surface area contributed by atoms with Crippen molar-refractivity contribution in [3.8, 4) is 5.75 Å². The Labute approximate surface area is 137 Å². The third kappa shape index (κ3) is 4.85. The van der Waals surface area contributed by atoms with Gasteiger partial charge in [0, 0.05) is 24.9 Å². The molecule has 1 aromatic carbocycles. The summed E-state index contributed by atoms with van der Waals surface area (Å²) in [5, 5.41) is 0. The molecule has 0 aromatic heterocycles. The van der Waals surface area contributed by atoms with Gasteiger partial charge in [0.2, 0.25) is 0 Å². The van der Waals surface area contributed by atoms with Crippen LogP contribution in [0.4, 0.5) is 9.18 Å². The first-order valence-electron chi connectivity index (χ1n) is 8.07. The molecule has 1 aliphatic rings. The predicted octanol–water partition coefficient (Wildman–Crippen LogP) is 4.24. The minimum atomic E-state index is -0.499. The van der Waals surface area contributed by atoms with Crippen molar-refractivity contribution in [3.05, 3.63) is 30.1 Å². The summed E-state index contributed by atoms with van der Waals surface area (Å²) in [5.41, 5.74) is -0.499. The summed E-state index contributed by atoms with van der Waals surface area (Å²) in [6, 6.07) is 6.07. The lowest BCUT2D eigenvalue weighted by Gasteiger charge is -2.41. The number of piperidine rings is 1. The third-order valence-electron chi connectivity index (χ3n) is 3.95. The lowest BCUT2D eigenvalue weighted by atomic mass is 9.92. The Bertz CT molecular complexity index is 538. The number of benzene rings is 1. The normalized spacial score (nSPS) is 25.1. The molecule has 0 aliphatic carbocycles. The van der Waals surface area contributed by atoms with Crippen molar-refractivity contribution in [1.29, 1.82) is 0 Å². The standard InChI is InChI=1S/C18H26FNO3/c1-12-11-20(17(21)23-18(3,4)5)13(2)10-16(12)22-15-8-6-14(19)7-9-15/h6-9,12-13,16H,10-11H2,1-5H3/t12?,13-,16?/m0/s1. The number of likely N-dealkylation sites (tertiary alicyclic amines) is 1. The van der Waals surface area contributed by atoms with Crippen LogP contribution in [0.2, 0.25) is 0 Å². The van der Waals surface area contributed by atoms with Gasteiger partial charge in [0.15, 0.2) is 0 Å². The van der Waals surface area contributed by atoms with Crippen LogP contribution in [0.25, 0.3) is 0 Å². The fourth-order valence-corrected chi connectivity index (χ4v) is 2.73. The lowest BCUT2D eigenvalue weighted by Crippen LogP contribution is -2.52. The number of halogens is 1. The number of rotatable bonds is 2. The highest BCUT2D eigenvalue weighted by Crippen LogP contribution is 2.28. The van der Waals surface area contributed by atoms with Crippen molar-refractivity contribution in [2.45, 2.75) is 58.8 Å². The molecule has 2 unspecified atom stereocenters. The molecule has 1 fully saturated rings. The molecule has 4 nitrogen and oxygen atoms in total. The largest absolute Gasteiger partial charge is 0.490 e. The molecule has 1 aromatic rings. The van der Waals surface area contributed by atoms with E-state index in [1.165, 1.54) is 12.1 Å². The van der Waals surface area contributed by atoms with Gasteiger partial charge in [-0.2, -0.15) is 0 Å². The second-order valence-electron chi connectivity index (χ2n) is 7.30. The van der Waals surface area contributed by atoms with Crippen LogP contribution in [0, 0.1) is 11.7 Å². The van der Waals surface area contributed by atoms with Crippen LogP contribution in [-0.4, -0.2) is 35.3 Å². The molecular weight excluding hydrogens is 297 g/mol. The number of carbonyl (C=O) groups excluding carboxylic acids is 1. The van der Waals surface area contributed by atoms with Crippen LogP contribution in [0.15, 0.2) is 24.3 Å². The second-order valence-corrected chi connectivity index (χ2v) is 7.30. The van der Waals surface area contributed by atoms with Gasteiger partial charge in [-0.25, -0.2) is 9.18 Å². The number of carbonyl (C=O) groups is 1. The molecular formula is C18H26FNO3. The summed E-state index contributed by atoms with van der Waals surface area (Å²) in [6.07, 6.45) is 0.434. The Morgan fingerprint density at radius 3 is 2.39 bits per heavy atom. The van der Waals surface area contributed by atoms with Crippen molar-refractivity contribution in [1.82, 2.24) is 4.90 Å². The Kier molecular flexibility index (Phi) is 5.17. The van der Waals surface area contributed by atoms with Crippen molar-refractivity contribution < 1.29 is 18.7 Å². The highest BCUT2D eigenvalue weighted by Gasteiger charge is 2.36. The third-order valence-corrected chi connectivity index (χ3v) is 3.95. The number of hydrogen-bond acceptors (Lipinski definition) is 3. The van der Waals surface area contributed by atoms with E-state index >= 15 is 0 Å². The van der Waals surface area contributed by atoms with Gasteiger partial charge in [0.1, 0.15) is 23.3 Å². The Hall–Kier alpha value is -1.78. The molecule has 0 saturated carbocycles. The SMILES string of the molecule is CC1CN(C(=O)OC(C)(C)C)[C@@H](C)CC1Oc1ccc(F)cc1. The Balaban J connectivity index is 1.98. The average Bonchev–Trinajstić information content (AvgIpc) is 2.43. The smallest absolute Gasteiger partial charge is 0.410 e. The lowest BCUT2D eigenvalue weighted by molar-refractivity contribution is -0.0164. The monoisotopic (exact) mass is 323 g/mol. The van der Waals surface area contributed by atoms with Crippen LogP contribution in [-0.2, 0) is 4.74 Å². The van der Waals surface area contributed by atoms with E-state index in [0.717, 1.165) is 6.42 Å². The summed E-state index contributed by atoms with van der Waals surface area (Å²) in [7, 11) is 0. The first kappa shape index (κ1) is 17.6. The maximum atomic E-state index is 13.0. The molecule has 1 saturated heterocycles. The van der Waals surface area contributed by atoms with Crippen LogP contribution < -0.4 is 4.74 Å². The van der Waals surface area contributed by atoms with Crippen LogP contribution in [0.5, 0.6) is 5.75 Å². The molecule has 3 atom stereocenters. The summed E-state index contributed by atoms with van der Waals surface area (Å²) < 4.78 is 24.4. The van der Waals surface area contributed by atoms with Crippen molar-refractivity contribution in [2.75, 3.05) is 6.54 Å². The van der Waals surface area contributed by atoms with E-state index in [-0.39, 0.29) is 30.0 Å². The zero-order chi connectivity index (χ0) is 17.2. The van der Waals surface area contributed by atoms with Gasteiger partial charge in [-0.15, -0.1) is 0 Å². The summed E-state index contributed by atoms with van der Waals surface area (Å²) in [5.74, 6) is 0.545. The Morgan fingerprint density at radius 2 is 1.83 bits per heavy atom. The average molecular weight is 323 g/mol. The maximum absolute atomic E-state index is 13.0. The fourth-order valence-electron chi connectivity index (χ4n) is 2.73. The molecule has 0 spiro atoms. The van der Waals surface area contributed by atoms with Crippen molar-refractivity contribution >= 4 is 6.09 Å². The quantitative estimate of drug-likeness (QED) is 0.817. The molecule has 1 amide bonds. The van der Waals surface area contributed by atoms with Gasteiger partial charge in [0.05, 0.1) is 0 Å². The minimum Gasteiger partial charge on any atom is -0.490 e. The summed E-state index contributed by atoms with van der Waals surface area (Å²) >= 11 is 0. The molecule has 0 radical (unpaired) electrons. The number of nitrogens with zero attached hydrogens (tertiary/aromatic N) is 1. The maximum Gasteiger partial charge on any atom is 0.410 e. The summed E-state index contributed by atoms with van der Waals surface area (Å²) in [4.78, 5) is 14.1. The van der Waals surface area contributed by atoms with E-state index in [1.54, 1.807) is 17.0 Å². The van der Waals surface area contributed by atoms with E-state index in [1.807, 2.05) is 27.7 Å². The molecule has 1 aliphatic heterocycles. The number of hydrogen-bond donors (Lipinski definition) is 0. The number of ether oxygens (including phenoxy) is 2. The minimum absolute atomic E-state index is 0.00542. The van der Waals surface area contributed by atoms with E-state index in [4.69, 9.17) is 9.47 Å². The van der Waals surface area contributed by atoms with Gasteiger partial charge in [-0.1, -0.05) is 6.92 Å². The van der Waals surface area contributed by atoms with Gasteiger partial charge in [-0.05, 0) is 52.0 Å². The molecule has 0 N–H and O–H groups in total. The zero-order valence-electron chi connectivity index (χ0n) is 14.5. The highest BCUT2D eigenvalue weighted by molar-refractivity contribution is 5.68. The topological polar surface area (TPSA) is 38.8 Å². The highest BCUT2D eigenvalue weighted by atomic mass is 19.1.